The number of halogens is 1. The van der Waals surface area contributed by atoms with Gasteiger partial charge < -0.3 is 19.9 Å². The Balaban J connectivity index is 1.28. The molecule has 2 aliphatic heterocycles. The summed E-state index contributed by atoms with van der Waals surface area (Å²) in [5, 5.41) is 3.37. The van der Waals surface area contributed by atoms with Crippen LogP contribution in [0.2, 0.25) is 5.02 Å². The van der Waals surface area contributed by atoms with Crippen LogP contribution in [-0.2, 0) is 24.7 Å². The largest absolute Gasteiger partial charge is 0.454 e. The van der Waals surface area contributed by atoms with E-state index in [1.165, 1.54) is 0 Å². The zero-order valence-electron chi connectivity index (χ0n) is 19.4. The Labute approximate surface area is 208 Å². The number of nitrogens with one attached hydrogen (secondary N) is 1. The Kier molecular flexibility index (Phi) is 7.25. The first kappa shape index (κ1) is 24.5. The van der Waals surface area contributed by atoms with Gasteiger partial charge in [-0.2, -0.15) is 0 Å². The number of rotatable bonds is 7. The van der Waals surface area contributed by atoms with Gasteiger partial charge in [-0.15, -0.1) is 0 Å². The number of hydrogen-bond acceptors (Lipinski definition) is 6. The lowest BCUT2D eigenvalue weighted by atomic mass is 9.87. The Morgan fingerprint density at radius 1 is 1.03 bits per heavy atom. The van der Waals surface area contributed by atoms with E-state index in [-0.39, 0.29) is 5.91 Å². The molecule has 0 saturated carbocycles. The van der Waals surface area contributed by atoms with Crippen LogP contribution in [0, 0.1) is 0 Å². The Morgan fingerprint density at radius 3 is 2.40 bits per heavy atom. The highest BCUT2D eigenvalue weighted by Gasteiger charge is 2.51. The molecule has 4 rings (SSSR count). The first-order valence-electron chi connectivity index (χ1n) is 11.5. The maximum absolute atomic E-state index is 13.1. The summed E-state index contributed by atoms with van der Waals surface area (Å²) in [6, 6.07) is 15.8. The van der Waals surface area contributed by atoms with E-state index in [1.807, 2.05) is 30.3 Å². The summed E-state index contributed by atoms with van der Waals surface area (Å²) in [7, 11) is 0. The van der Waals surface area contributed by atoms with Gasteiger partial charge in [-0.3, -0.25) is 19.3 Å². The van der Waals surface area contributed by atoms with Gasteiger partial charge in [0.05, 0.1) is 0 Å². The maximum atomic E-state index is 13.1. The smallest absolute Gasteiger partial charge is 0.326 e. The topological polar surface area (TPSA) is 99.3 Å². The fraction of sp³-hybridized carbons (Fsp3) is 0.360. The first-order chi connectivity index (χ1) is 16.8. The maximum Gasteiger partial charge on any atom is 0.326 e. The van der Waals surface area contributed by atoms with Gasteiger partial charge in [0.25, 0.3) is 11.8 Å². The third kappa shape index (κ3) is 5.09. The summed E-state index contributed by atoms with van der Waals surface area (Å²) >= 11 is 6.06. The van der Waals surface area contributed by atoms with Crippen LogP contribution in [0.5, 0.6) is 0 Å². The molecule has 184 valence electrons. The van der Waals surface area contributed by atoms with E-state index in [4.69, 9.17) is 16.3 Å². The molecule has 35 heavy (non-hydrogen) atoms. The number of urea groups is 1. The molecule has 0 bridgehead atoms. The van der Waals surface area contributed by atoms with Gasteiger partial charge >= 0.3 is 12.0 Å². The van der Waals surface area contributed by atoms with E-state index < -0.39 is 36.6 Å². The summed E-state index contributed by atoms with van der Waals surface area (Å²) in [4.78, 5) is 55.2. The molecule has 2 aliphatic rings. The molecule has 2 heterocycles. The third-order valence-corrected chi connectivity index (χ3v) is 6.66. The summed E-state index contributed by atoms with van der Waals surface area (Å²) < 4.78 is 5.12. The van der Waals surface area contributed by atoms with E-state index in [0.717, 1.165) is 10.6 Å². The second-order valence-corrected chi connectivity index (χ2v) is 8.89. The standard InChI is InChI=1S/C25H27ClN4O5/c1-2-25(18-7-4-3-5-8-18)23(33)30(24(34)27-25)16-22(32)35-17-21(31)29-13-11-28(12-14-29)20-10-6-9-19(26)15-20/h3-10,15H,2,11-14,16-17H2,1H3,(H,27,34). The number of benzene rings is 2. The molecule has 0 spiro atoms. The number of carbonyl (C=O) groups is 4. The molecule has 0 aromatic heterocycles. The zero-order valence-corrected chi connectivity index (χ0v) is 20.2. The number of piperazine rings is 1. The van der Waals surface area contributed by atoms with Crippen LogP contribution >= 0.6 is 11.6 Å². The number of imide groups is 1. The molecule has 4 amide bonds. The first-order valence-corrected chi connectivity index (χ1v) is 11.9. The number of hydrogen-bond donors (Lipinski definition) is 1. The minimum Gasteiger partial charge on any atom is -0.454 e. The average molecular weight is 499 g/mol. The average Bonchev–Trinajstić information content (AvgIpc) is 3.13. The number of esters is 1. The number of carbonyl (C=O) groups excluding carboxylic acids is 4. The predicted molar refractivity (Wildman–Crippen MR) is 130 cm³/mol. The fourth-order valence-corrected chi connectivity index (χ4v) is 4.61. The molecule has 2 fully saturated rings. The molecular formula is C25H27ClN4O5. The van der Waals surface area contributed by atoms with Crippen molar-refractivity contribution in [3.63, 3.8) is 0 Å². The van der Waals surface area contributed by atoms with Crippen LogP contribution in [0.15, 0.2) is 54.6 Å². The molecule has 2 aromatic rings. The molecule has 9 nitrogen and oxygen atoms in total. The lowest BCUT2D eigenvalue weighted by molar-refractivity contribution is -0.154. The monoisotopic (exact) mass is 498 g/mol. The van der Waals surface area contributed by atoms with Crippen molar-refractivity contribution in [1.29, 1.82) is 0 Å². The molecule has 2 saturated heterocycles. The van der Waals surface area contributed by atoms with Gasteiger partial charge in [-0.25, -0.2) is 4.79 Å². The summed E-state index contributed by atoms with van der Waals surface area (Å²) in [5.41, 5.74) is 0.406. The van der Waals surface area contributed by atoms with Crippen LogP contribution in [0.3, 0.4) is 0 Å². The minimum absolute atomic E-state index is 0.325. The van der Waals surface area contributed by atoms with Crippen LogP contribution in [0.4, 0.5) is 10.5 Å². The molecule has 1 N–H and O–H groups in total. The van der Waals surface area contributed by atoms with Gasteiger partial charge in [-0.05, 0) is 30.2 Å². The quantitative estimate of drug-likeness (QED) is 0.465. The fourth-order valence-electron chi connectivity index (χ4n) is 4.43. The van der Waals surface area contributed by atoms with Gasteiger partial charge in [0.1, 0.15) is 12.1 Å². The van der Waals surface area contributed by atoms with Crippen LogP contribution < -0.4 is 10.2 Å². The zero-order chi connectivity index (χ0) is 25.0. The van der Waals surface area contributed by atoms with Crippen LogP contribution in [-0.4, -0.2) is 72.9 Å². The second-order valence-electron chi connectivity index (χ2n) is 8.45. The van der Waals surface area contributed by atoms with Crippen molar-refractivity contribution in [3.05, 3.63) is 65.2 Å². The van der Waals surface area contributed by atoms with Gasteiger partial charge in [0, 0.05) is 36.9 Å². The molecule has 1 atom stereocenters. The van der Waals surface area contributed by atoms with E-state index in [2.05, 4.69) is 10.2 Å². The molecule has 0 radical (unpaired) electrons. The normalized spacial score (nSPS) is 20.1. The Hall–Kier alpha value is -3.59. The van der Waals surface area contributed by atoms with Crippen molar-refractivity contribution in [2.24, 2.45) is 0 Å². The van der Waals surface area contributed by atoms with E-state index >= 15 is 0 Å². The van der Waals surface area contributed by atoms with E-state index in [1.54, 1.807) is 36.1 Å². The Bertz CT molecular complexity index is 1120. The lowest BCUT2D eigenvalue weighted by Crippen LogP contribution is -2.50. The lowest BCUT2D eigenvalue weighted by Gasteiger charge is -2.36. The summed E-state index contributed by atoms with van der Waals surface area (Å²) in [5.74, 6) is -1.66. The van der Waals surface area contributed by atoms with Crippen molar-refractivity contribution in [2.45, 2.75) is 18.9 Å². The molecule has 1 unspecified atom stereocenters. The van der Waals surface area contributed by atoms with Gasteiger partial charge in [-0.1, -0.05) is 54.9 Å². The van der Waals surface area contributed by atoms with Gasteiger partial charge in [0.15, 0.2) is 6.61 Å². The highest BCUT2D eigenvalue weighted by Crippen LogP contribution is 2.32. The highest BCUT2D eigenvalue weighted by molar-refractivity contribution is 6.30. The SMILES string of the molecule is CCC1(c2ccccc2)NC(=O)N(CC(=O)OCC(=O)N2CCN(c3cccc(Cl)c3)CC2)C1=O. The molecular weight excluding hydrogens is 472 g/mol. The predicted octanol–water partition coefficient (Wildman–Crippen LogP) is 2.39. The van der Waals surface area contributed by atoms with Crippen LogP contribution in [0.25, 0.3) is 0 Å². The number of ether oxygens (including phenoxy) is 1. The molecule has 0 aliphatic carbocycles. The van der Waals surface area contributed by atoms with E-state index in [9.17, 15) is 19.2 Å². The number of anilines is 1. The summed E-state index contributed by atoms with van der Waals surface area (Å²) in [6.07, 6.45) is 0.326. The summed E-state index contributed by atoms with van der Waals surface area (Å²) in [6.45, 7) is 2.99. The second kappa shape index (κ2) is 10.4. The molecule has 10 heteroatoms. The van der Waals surface area contributed by atoms with Crippen molar-refractivity contribution in [3.8, 4) is 0 Å². The van der Waals surface area contributed by atoms with Crippen molar-refractivity contribution in [1.82, 2.24) is 15.1 Å². The van der Waals surface area contributed by atoms with Crippen molar-refractivity contribution in [2.75, 3.05) is 44.2 Å². The van der Waals surface area contributed by atoms with Crippen molar-refractivity contribution >= 4 is 41.1 Å². The highest BCUT2D eigenvalue weighted by atomic mass is 35.5. The number of nitrogens with zero attached hydrogens (tertiary/aromatic N) is 3. The number of amides is 4. The Morgan fingerprint density at radius 2 is 1.74 bits per heavy atom. The van der Waals surface area contributed by atoms with Gasteiger partial charge in [0.2, 0.25) is 0 Å². The third-order valence-electron chi connectivity index (χ3n) is 6.42. The van der Waals surface area contributed by atoms with E-state index in [0.29, 0.717) is 43.2 Å². The minimum atomic E-state index is -1.23. The van der Waals surface area contributed by atoms with Crippen LogP contribution in [0.1, 0.15) is 18.9 Å². The molecule has 2 aromatic carbocycles. The van der Waals surface area contributed by atoms with Crippen molar-refractivity contribution < 1.29 is 23.9 Å².